The fourth-order valence-corrected chi connectivity index (χ4v) is 3.63. The Morgan fingerprint density at radius 1 is 0.912 bits per heavy atom. The summed E-state index contributed by atoms with van der Waals surface area (Å²) >= 11 is 0. The lowest BCUT2D eigenvalue weighted by atomic mass is 10.0. The number of aromatic hydroxyl groups is 1. The van der Waals surface area contributed by atoms with E-state index in [1.165, 1.54) is 67.4 Å². The first-order valence-corrected chi connectivity index (χ1v) is 11.9. The van der Waals surface area contributed by atoms with Crippen LogP contribution in [0.1, 0.15) is 67.8 Å². The van der Waals surface area contributed by atoms with E-state index in [4.69, 9.17) is 5.11 Å². The molecule has 180 valence electrons. The Kier molecular flexibility index (Phi) is 9.76. The molecule has 0 atom stereocenters. The van der Waals surface area contributed by atoms with Gasteiger partial charge in [0.2, 0.25) is 18.2 Å². The van der Waals surface area contributed by atoms with Crippen molar-refractivity contribution in [1.29, 1.82) is 0 Å². The second-order valence-electron chi connectivity index (χ2n) is 8.42. The zero-order valence-electron chi connectivity index (χ0n) is 19.7. The highest BCUT2D eigenvalue weighted by molar-refractivity contribution is 5.88. The molecule has 0 spiro atoms. The third kappa shape index (κ3) is 8.10. The van der Waals surface area contributed by atoms with Gasteiger partial charge in [-0.3, -0.25) is 4.79 Å². The van der Waals surface area contributed by atoms with E-state index in [-0.39, 0.29) is 24.5 Å². The van der Waals surface area contributed by atoms with Crippen molar-refractivity contribution >= 4 is 11.8 Å². The predicted octanol–water partition coefficient (Wildman–Crippen LogP) is 4.84. The number of carboxylic acids is 1. The van der Waals surface area contributed by atoms with Gasteiger partial charge in [-0.15, -0.1) is 10.2 Å². The van der Waals surface area contributed by atoms with Crippen molar-refractivity contribution in [3.8, 4) is 17.1 Å². The van der Waals surface area contributed by atoms with Crippen LogP contribution >= 0.6 is 0 Å². The normalized spacial score (nSPS) is 10.9. The van der Waals surface area contributed by atoms with Crippen LogP contribution in [0.2, 0.25) is 0 Å². The summed E-state index contributed by atoms with van der Waals surface area (Å²) < 4.78 is 4.38. The topological polar surface area (TPSA) is 111 Å². The molecule has 2 N–H and O–H groups in total. The number of hydrogen-bond acceptors (Lipinski definition) is 5. The van der Waals surface area contributed by atoms with Crippen molar-refractivity contribution in [2.75, 3.05) is 6.61 Å². The first kappa shape index (κ1) is 25.1. The minimum Gasteiger partial charge on any atom is -0.577 e. The highest BCUT2D eigenvalue weighted by atomic mass is 16.5. The van der Waals surface area contributed by atoms with Gasteiger partial charge in [-0.1, -0.05) is 57.6 Å². The maximum Gasteiger partial charge on any atom is 0.335 e. The molecule has 0 bridgehead atoms. The van der Waals surface area contributed by atoms with Crippen molar-refractivity contribution in [2.45, 2.75) is 64.8 Å². The number of carboxylic acid groups (broad SMARTS) is 1. The molecule has 8 heteroatoms. The molecule has 2 aromatic carbocycles. The van der Waals surface area contributed by atoms with Gasteiger partial charge in [0.1, 0.15) is 6.54 Å². The molecule has 1 aromatic heterocycles. The SMILES string of the molecule is CCCCCCCCCc1ccc([OH+]CC(=O)Cn2nnc(-c3ccc(C(=O)O)cc3)n2)cc1. The average molecular weight is 466 g/mol. The fraction of sp³-hybridized carbons (Fsp3) is 0.423. The van der Waals surface area contributed by atoms with Crippen molar-refractivity contribution in [3.05, 3.63) is 59.7 Å². The molecule has 1 heterocycles. The van der Waals surface area contributed by atoms with Gasteiger partial charge in [-0.2, -0.15) is 4.80 Å². The summed E-state index contributed by atoms with van der Waals surface area (Å²) in [6.45, 7) is 2.25. The van der Waals surface area contributed by atoms with Gasteiger partial charge in [0.25, 0.3) is 5.75 Å². The molecule has 3 rings (SSSR count). The zero-order valence-corrected chi connectivity index (χ0v) is 19.7. The van der Waals surface area contributed by atoms with Gasteiger partial charge in [0, 0.05) is 17.7 Å². The summed E-state index contributed by atoms with van der Waals surface area (Å²) in [7, 11) is 0. The highest BCUT2D eigenvalue weighted by Gasteiger charge is 2.13. The number of rotatable bonds is 15. The van der Waals surface area contributed by atoms with Crippen LogP contribution in [-0.4, -0.2) is 48.4 Å². The number of nitrogens with zero attached hydrogens (tertiary/aromatic N) is 4. The summed E-state index contributed by atoms with van der Waals surface area (Å²) in [5.41, 5.74) is 2.11. The van der Waals surface area contributed by atoms with E-state index < -0.39 is 5.97 Å². The maximum atomic E-state index is 12.3. The fourth-order valence-electron chi connectivity index (χ4n) is 3.63. The highest BCUT2D eigenvalue weighted by Crippen LogP contribution is 2.17. The molecule has 0 unspecified atom stereocenters. The lowest BCUT2D eigenvalue weighted by molar-refractivity contribution is -0.127. The van der Waals surface area contributed by atoms with E-state index in [2.05, 4.69) is 39.2 Å². The minimum atomic E-state index is -1.000. The summed E-state index contributed by atoms with van der Waals surface area (Å²) in [5, 5.41) is 21.0. The third-order valence-electron chi connectivity index (χ3n) is 5.60. The number of tetrazole rings is 1. The Labute approximate surface area is 200 Å². The van der Waals surface area contributed by atoms with Crippen LogP contribution in [0.3, 0.4) is 0 Å². The van der Waals surface area contributed by atoms with Gasteiger partial charge in [-0.05, 0) is 47.9 Å². The predicted molar refractivity (Wildman–Crippen MR) is 130 cm³/mol. The summed E-state index contributed by atoms with van der Waals surface area (Å²) in [5.74, 6) is -0.0155. The number of hydrogen-bond donors (Lipinski definition) is 1. The number of aromatic carboxylic acids is 1. The van der Waals surface area contributed by atoms with Gasteiger partial charge < -0.3 is 9.84 Å². The molecule has 34 heavy (non-hydrogen) atoms. The molecule has 0 saturated carbocycles. The van der Waals surface area contributed by atoms with Crippen LogP contribution in [0.25, 0.3) is 11.4 Å². The van der Waals surface area contributed by atoms with Crippen molar-refractivity contribution in [2.24, 2.45) is 0 Å². The maximum absolute atomic E-state index is 12.3. The van der Waals surface area contributed by atoms with Gasteiger partial charge in [0.15, 0.2) is 0 Å². The minimum absolute atomic E-state index is 0.0277. The number of carbonyl (C=O) groups excluding carboxylic acids is 1. The van der Waals surface area contributed by atoms with E-state index in [1.807, 2.05) is 12.1 Å². The number of Topliss-reactive ketones (excluding diaryl/α,β-unsaturated/α-hetero) is 1. The number of aromatic nitrogens is 4. The Bertz CT molecular complexity index is 1050. The van der Waals surface area contributed by atoms with Crippen molar-refractivity contribution < 1.29 is 19.4 Å². The van der Waals surface area contributed by atoms with E-state index in [9.17, 15) is 9.59 Å². The van der Waals surface area contributed by atoms with Crippen LogP contribution in [0.5, 0.6) is 5.75 Å². The lowest BCUT2D eigenvalue weighted by Crippen LogP contribution is -2.18. The average Bonchev–Trinajstić information content (AvgIpc) is 3.31. The van der Waals surface area contributed by atoms with Gasteiger partial charge in [-0.25, -0.2) is 4.79 Å². The lowest BCUT2D eigenvalue weighted by Gasteiger charge is -2.05. The Balaban J connectivity index is 1.38. The molecule has 0 aliphatic carbocycles. The van der Waals surface area contributed by atoms with E-state index in [0.717, 1.165) is 12.2 Å². The Hall–Kier alpha value is -3.55. The third-order valence-corrected chi connectivity index (χ3v) is 5.60. The molecular weight excluding hydrogens is 432 g/mol. The summed E-state index contributed by atoms with van der Waals surface area (Å²) in [6.07, 6.45) is 10.2. The number of benzene rings is 2. The van der Waals surface area contributed by atoms with Crippen LogP contribution < -0.4 is 0 Å². The Morgan fingerprint density at radius 2 is 1.59 bits per heavy atom. The molecule has 3 aromatic rings. The van der Waals surface area contributed by atoms with E-state index in [0.29, 0.717) is 11.4 Å². The number of carbonyl (C=O) groups is 2. The van der Waals surface area contributed by atoms with E-state index in [1.54, 1.807) is 12.1 Å². The van der Waals surface area contributed by atoms with Crippen molar-refractivity contribution in [1.82, 2.24) is 20.2 Å². The second-order valence-corrected chi connectivity index (χ2v) is 8.42. The molecule has 0 aliphatic rings. The molecule has 0 fully saturated rings. The standard InChI is InChI=1S/C26H32N4O4/c1-2-3-4-5-6-7-8-9-20-10-16-24(17-11-20)34-19-23(31)18-30-28-25(27-29-30)21-12-14-22(15-13-21)26(32)33/h10-17H,2-9,18-19H2,1H3,(H,32,33)/p+1. The molecule has 0 amide bonds. The zero-order chi connectivity index (χ0) is 24.2. The van der Waals surface area contributed by atoms with Crippen LogP contribution in [-0.2, 0) is 17.8 Å². The quantitative estimate of drug-likeness (QED) is 0.254. The molecule has 0 saturated heterocycles. The van der Waals surface area contributed by atoms with Crippen LogP contribution in [0, 0.1) is 0 Å². The molecular formula is C26H33N4O4+. The second kappa shape index (κ2) is 13.2. The number of ketones is 1. The monoisotopic (exact) mass is 465 g/mol. The first-order valence-electron chi connectivity index (χ1n) is 11.9. The number of ether oxygens (including phenoxy) is 1. The van der Waals surface area contributed by atoms with E-state index >= 15 is 0 Å². The molecule has 0 radical (unpaired) electrons. The summed E-state index contributed by atoms with van der Waals surface area (Å²) in [6, 6.07) is 14.2. The Morgan fingerprint density at radius 3 is 2.26 bits per heavy atom. The number of aryl methyl sites for hydroxylation is 1. The summed E-state index contributed by atoms with van der Waals surface area (Å²) in [4.78, 5) is 24.5. The number of aliphatic hydroxyl groups is 1. The van der Waals surface area contributed by atoms with Crippen LogP contribution in [0.15, 0.2) is 48.5 Å². The smallest absolute Gasteiger partial charge is 0.335 e. The molecule has 8 nitrogen and oxygen atoms in total. The largest absolute Gasteiger partial charge is 0.577 e. The van der Waals surface area contributed by atoms with Crippen molar-refractivity contribution in [3.63, 3.8) is 0 Å². The number of unbranched alkanes of at least 4 members (excludes halogenated alkanes) is 6. The molecule has 0 aliphatic heterocycles. The van der Waals surface area contributed by atoms with Gasteiger partial charge >= 0.3 is 5.97 Å². The van der Waals surface area contributed by atoms with Gasteiger partial charge in [0.05, 0.1) is 5.56 Å². The first-order chi connectivity index (χ1) is 16.5. The van der Waals surface area contributed by atoms with Crippen LogP contribution in [0.4, 0.5) is 0 Å².